The molecule has 0 spiro atoms. The first kappa shape index (κ1) is 21.2. The maximum absolute atomic E-state index is 12.0. The number of allylic oxidation sites excluding steroid dienone is 1. The van der Waals surface area contributed by atoms with Crippen molar-refractivity contribution in [3.63, 3.8) is 0 Å². The van der Waals surface area contributed by atoms with E-state index in [1.54, 1.807) is 10.8 Å². The number of hydrogen-bond donors (Lipinski definition) is 1. The van der Waals surface area contributed by atoms with Crippen molar-refractivity contribution in [1.82, 2.24) is 19.2 Å². The summed E-state index contributed by atoms with van der Waals surface area (Å²) in [6, 6.07) is 7.27. The Morgan fingerprint density at radius 2 is 2.28 bits per heavy atom. The first-order valence-electron chi connectivity index (χ1n) is 9.39. The highest BCUT2D eigenvalue weighted by Crippen LogP contribution is 2.20. The fourth-order valence-corrected chi connectivity index (χ4v) is 3.72. The topological polar surface area (TPSA) is 81.8 Å². The van der Waals surface area contributed by atoms with Crippen LogP contribution in [-0.4, -0.2) is 56.1 Å². The molecule has 1 aromatic heterocycles. The van der Waals surface area contributed by atoms with Crippen molar-refractivity contribution >= 4 is 18.2 Å². The number of nitrogens with zero attached hydrogens (tertiary/aromatic N) is 4. The second-order valence-corrected chi connectivity index (χ2v) is 7.41. The minimum absolute atomic E-state index is 0.247. The van der Waals surface area contributed by atoms with Crippen molar-refractivity contribution in [2.24, 2.45) is 0 Å². The van der Waals surface area contributed by atoms with Crippen molar-refractivity contribution in [3.8, 4) is 5.75 Å². The number of aryl methyl sites for hydroxylation is 1. The average Bonchev–Trinajstić information content (AvgIpc) is 3.21. The van der Waals surface area contributed by atoms with Crippen LogP contribution in [0.2, 0.25) is 0 Å². The number of esters is 1. The third-order valence-electron chi connectivity index (χ3n) is 4.84. The highest BCUT2D eigenvalue weighted by molar-refractivity contribution is 7.71. The molecule has 0 aliphatic carbocycles. The quantitative estimate of drug-likeness (QED) is 0.399. The summed E-state index contributed by atoms with van der Waals surface area (Å²) in [7, 11) is 1.34. The van der Waals surface area contributed by atoms with Crippen LogP contribution in [0.5, 0.6) is 5.75 Å². The van der Waals surface area contributed by atoms with Crippen LogP contribution in [0, 0.1) is 11.7 Å². The van der Waals surface area contributed by atoms with Gasteiger partial charge in [0.05, 0.1) is 19.9 Å². The zero-order chi connectivity index (χ0) is 21.0. The smallest absolute Gasteiger partial charge is 0.323 e. The molecule has 1 fully saturated rings. The molecule has 156 valence electrons. The molecular weight excluding hydrogens is 392 g/mol. The van der Waals surface area contributed by atoms with Crippen LogP contribution >= 0.6 is 12.2 Å². The van der Waals surface area contributed by atoms with Gasteiger partial charge in [0, 0.05) is 19.5 Å². The lowest BCUT2D eigenvalue weighted by Gasteiger charge is -2.21. The van der Waals surface area contributed by atoms with Crippen LogP contribution in [0.4, 0.5) is 0 Å². The Kier molecular flexibility index (Phi) is 6.83. The average molecular weight is 419 g/mol. The van der Waals surface area contributed by atoms with E-state index in [9.17, 15) is 9.90 Å². The highest BCUT2D eigenvalue weighted by atomic mass is 32.1. The molecule has 2 atom stereocenters. The highest BCUT2D eigenvalue weighted by Gasteiger charge is 2.37. The van der Waals surface area contributed by atoms with Gasteiger partial charge in [-0.1, -0.05) is 18.2 Å². The Morgan fingerprint density at radius 1 is 1.48 bits per heavy atom. The van der Waals surface area contributed by atoms with Crippen LogP contribution < -0.4 is 4.74 Å². The molecule has 29 heavy (non-hydrogen) atoms. The summed E-state index contributed by atoms with van der Waals surface area (Å²) in [6.07, 6.45) is 1.48. The summed E-state index contributed by atoms with van der Waals surface area (Å²) in [4.78, 5) is 13.9. The second kappa shape index (κ2) is 9.34. The van der Waals surface area contributed by atoms with Gasteiger partial charge >= 0.3 is 5.97 Å². The van der Waals surface area contributed by atoms with Crippen molar-refractivity contribution in [3.05, 3.63) is 53.1 Å². The Morgan fingerprint density at radius 3 is 2.97 bits per heavy atom. The van der Waals surface area contributed by atoms with Crippen molar-refractivity contribution in [2.45, 2.75) is 45.3 Å². The van der Waals surface area contributed by atoms with Gasteiger partial charge in [0.1, 0.15) is 18.4 Å². The fraction of sp³-hybridized carbons (Fsp3) is 0.450. The molecular formula is C20H26N4O4S. The summed E-state index contributed by atoms with van der Waals surface area (Å²) in [5, 5.41) is 14.6. The third-order valence-corrected chi connectivity index (χ3v) is 5.27. The second-order valence-electron chi connectivity index (χ2n) is 7.04. The summed E-state index contributed by atoms with van der Waals surface area (Å²) in [5.74, 6) is 1.04. The molecule has 0 unspecified atom stereocenters. The van der Waals surface area contributed by atoms with Gasteiger partial charge in [-0.3, -0.25) is 14.3 Å². The number of likely N-dealkylation sites (tertiary alicyclic amines) is 1. The van der Waals surface area contributed by atoms with E-state index in [0.29, 0.717) is 30.1 Å². The summed E-state index contributed by atoms with van der Waals surface area (Å²) >= 11 is 5.58. The van der Waals surface area contributed by atoms with E-state index < -0.39 is 12.1 Å². The number of carbonyl (C=O) groups is 1. The number of aromatic nitrogens is 3. The normalized spacial score (nSPS) is 19.3. The molecule has 8 nitrogen and oxygen atoms in total. The first-order valence-corrected chi connectivity index (χ1v) is 9.80. The molecule has 2 heterocycles. The van der Waals surface area contributed by atoms with Crippen molar-refractivity contribution in [2.75, 3.05) is 13.7 Å². The summed E-state index contributed by atoms with van der Waals surface area (Å²) < 4.78 is 14.7. The van der Waals surface area contributed by atoms with Crippen LogP contribution in [0.3, 0.4) is 0 Å². The third kappa shape index (κ3) is 4.92. The van der Waals surface area contributed by atoms with Crippen molar-refractivity contribution in [1.29, 1.82) is 0 Å². The Hall–Kier alpha value is -2.49. The van der Waals surface area contributed by atoms with E-state index in [1.807, 2.05) is 40.7 Å². The molecule has 1 aliphatic rings. The van der Waals surface area contributed by atoms with Gasteiger partial charge in [0.15, 0.2) is 10.6 Å². The number of hydrogen-bond acceptors (Lipinski definition) is 7. The number of aliphatic hydroxyl groups is 1. The van der Waals surface area contributed by atoms with E-state index >= 15 is 0 Å². The van der Waals surface area contributed by atoms with Gasteiger partial charge in [-0.15, -0.1) is 6.58 Å². The molecule has 2 aromatic rings. The SMILES string of the molecule is C=CCn1c(COc2cccc(C)c2)nn(CN2C[C@H](O)C[C@H]2C(=O)OC)c1=S. The lowest BCUT2D eigenvalue weighted by atomic mass is 10.2. The Bertz CT molecular complexity index is 939. The van der Waals surface area contributed by atoms with Gasteiger partial charge in [0.2, 0.25) is 0 Å². The number of benzene rings is 1. The van der Waals surface area contributed by atoms with Gasteiger partial charge in [0.25, 0.3) is 0 Å². The molecule has 0 saturated carbocycles. The number of ether oxygens (including phenoxy) is 2. The lowest BCUT2D eigenvalue weighted by molar-refractivity contribution is -0.146. The Balaban J connectivity index is 1.80. The number of β-amino-alcohol motifs (C(OH)–C–C–N with tert-alkyl or cyclic N) is 1. The van der Waals surface area contributed by atoms with E-state index in [2.05, 4.69) is 11.7 Å². The van der Waals surface area contributed by atoms with Crippen LogP contribution in [0.1, 0.15) is 17.8 Å². The van der Waals surface area contributed by atoms with Gasteiger partial charge in [-0.05, 0) is 36.8 Å². The minimum Gasteiger partial charge on any atom is -0.486 e. The number of carbonyl (C=O) groups excluding carboxylic acids is 1. The van der Waals surface area contributed by atoms with Crippen LogP contribution in [0.15, 0.2) is 36.9 Å². The first-order chi connectivity index (χ1) is 13.9. The largest absolute Gasteiger partial charge is 0.486 e. The molecule has 1 saturated heterocycles. The molecule has 0 radical (unpaired) electrons. The van der Waals surface area contributed by atoms with Gasteiger partial charge in [-0.2, -0.15) is 5.10 Å². The molecule has 3 rings (SSSR count). The van der Waals surface area contributed by atoms with E-state index in [4.69, 9.17) is 21.7 Å². The van der Waals surface area contributed by atoms with Gasteiger partial charge in [-0.25, -0.2) is 4.68 Å². The number of rotatable bonds is 8. The lowest BCUT2D eigenvalue weighted by Crippen LogP contribution is -2.38. The summed E-state index contributed by atoms with van der Waals surface area (Å²) in [5.41, 5.74) is 1.11. The van der Waals surface area contributed by atoms with E-state index in [1.165, 1.54) is 7.11 Å². The number of methoxy groups -OCH3 is 1. The molecule has 0 amide bonds. The fourth-order valence-electron chi connectivity index (χ4n) is 3.44. The molecule has 1 aromatic carbocycles. The molecule has 1 aliphatic heterocycles. The van der Waals surface area contributed by atoms with Gasteiger partial charge < -0.3 is 14.6 Å². The predicted octanol–water partition coefficient (Wildman–Crippen LogP) is 2.05. The molecule has 0 bridgehead atoms. The standard InChI is InChI=1S/C20H26N4O4S/c1-4-8-23-18(12-28-16-7-5-6-14(2)9-16)21-24(20(23)29)13-22-11-15(25)10-17(22)19(26)27-3/h4-7,9,15,17,25H,1,8,10-13H2,2-3H3/t15-,17+/m1/s1. The van der Waals surface area contributed by atoms with Crippen LogP contribution in [0.25, 0.3) is 0 Å². The van der Waals surface area contributed by atoms with Crippen LogP contribution in [-0.2, 0) is 29.4 Å². The summed E-state index contributed by atoms with van der Waals surface area (Å²) in [6.45, 7) is 7.16. The van der Waals surface area contributed by atoms with E-state index in [0.717, 1.165) is 11.3 Å². The predicted molar refractivity (Wildman–Crippen MR) is 110 cm³/mol. The Labute approximate surface area is 175 Å². The number of aliphatic hydroxyl groups excluding tert-OH is 1. The minimum atomic E-state index is -0.590. The van der Waals surface area contributed by atoms with Crippen molar-refractivity contribution < 1.29 is 19.4 Å². The maximum atomic E-state index is 12.0. The maximum Gasteiger partial charge on any atom is 0.323 e. The van der Waals surface area contributed by atoms with E-state index in [-0.39, 0.29) is 19.2 Å². The zero-order valence-electron chi connectivity index (χ0n) is 16.7. The monoisotopic (exact) mass is 418 g/mol. The zero-order valence-corrected chi connectivity index (χ0v) is 17.5. The molecule has 1 N–H and O–H groups in total. The molecule has 9 heteroatoms.